The molecule has 0 bridgehead atoms. The minimum atomic E-state index is -0.352. The van der Waals surface area contributed by atoms with Gasteiger partial charge in [0.1, 0.15) is 5.75 Å². The average Bonchev–Trinajstić information content (AvgIpc) is 3.36. The molecule has 31 heavy (non-hydrogen) atoms. The smallest absolute Gasteiger partial charge is 0.279 e. The molecule has 1 amide bonds. The number of anilines is 1. The Morgan fingerprint density at radius 2 is 2.03 bits per heavy atom. The summed E-state index contributed by atoms with van der Waals surface area (Å²) >= 11 is 1.39. The predicted octanol–water partition coefficient (Wildman–Crippen LogP) is 4.38. The topological polar surface area (TPSA) is 94.8 Å². The highest BCUT2D eigenvalue weighted by molar-refractivity contribution is 7.22. The fraction of sp³-hybridized carbons (Fsp3) is 0.136. The van der Waals surface area contributed by atoms with Crippen molar-refractivity contribution in [2.24, 2.45) is 0 Å². The van der Waals surface area contributed by atoms with Crippen molar-refractivity contribution >= 4 is 43.5 Å². The fourth-order valence-corrected chi connectivity index (χ4v) is 4.24. The van der Waals surface area contributed by atoms with Crippen LogP contribution in [0.1, 0.15) is 23.1 Å². The number of nitrogens with zero attached hydrogens (tertiary/aromatic N) is 5. The maximum Gasteiger partial charge on any atom is 0.279 e. The molecule has 0 unspecified atom stereocenters. The molecule has 3 aromatic heterocycles. The molecule has 0 fully saturated rings. The zero-order chi connectivity index (χ0) is 21.4. The molecule has 0 spiro atoms. The number of hydrogen-bond donors (Lipinski definition) is 1. The van der Waals surface area contributed by atoms with Gasteiger partial charge in [0.15, 0.2) is 10.8 Å². The number of ether oxygens (including phenoxy) is 1. The summed E-state index contributed by atoms with van der Waals surface area (Å²) in [7, 11) is 0. The van der Waals surface area contributed by atoms with Crippen LogP contribution in [0, 0.1) is 6.92 Å². The molecule has 0 aliphatic carbocycles. The van der Waals surface area contributed by atoms with Gasteiger partial charge in [0.2, 0.25) is 0 Å². The summed E-state index contributed by atoms with van der Waals surface area (Å²) in [5, 5.41) is 12.6. The van der Waals surface area contributed by atoms with Crippen LogP contribution < -0.4 is 10.1 Å². The van der Waals surface area contributed by atoms with Crippen LogP contribution in [0.25, 0.3) is 26.8 Å². The molecule has 5 rings (SSSR count). The second kappa shape index (κ2) is 7.77. The summed E-state index contributed by atoms with van der Waals surface area (Å²) in [5.41, 5.74) is 3.40. The van der Waals surface area contributed by atoms with Crippen molar-refractivity contribution < 1.29 is 9.53 Å². The first-order valence-corrected chi connectivity index (χ1v) is 10.6. The van der Waals surface area contributed by atoms with E-state index in [1.165, 1.54) is 11.3 Å². The number of thiazole rings is 1. The number of amides is 1. The zero-order valence-corrected chi connectivity index (χ0v) is 17.7. The van der Waals surface area contributed by atoms with E-state index in [-0.39, 0.29) is 11.6 Å². The maximum absolute atomic E-state index is 12.8. The quantitative estimate of drug-likeness (QED) is 0.444. The van der Waals surface area contributed by atoms with Crippen LogP contribution in [0.2, 0.25) is 0 Å². The van der Waals surface area contributed by atoms with Crippen LogP contribution in [-0.2, 0) is 0 Å². The average molecular weight is 430 g/mol. The first-order valence-electron chi connectivity index (χ1n) is 9.74. The first kappa shape index (κ1) is 19.1. The van der Waals surface area contributed by atoms with Gasteiger partial charge in [0, 0.05) is 11.6 Å². The molecular formula is C22H18N6O2S. The lowest BCUT2D eigenvalue weighted by atomic mass is 10.2. The molecule has 2 aromatic carbocycles. The second-order valence-electron chi connectivity index (χ2n) is 6.85. The number of aromatic nitrogens is 5. The molecule has 5 aromatic rings. The maximum atomic E-state index is 12.8. The van der Waals surface area contributed by atoms with E-state index in [4.69, 9.17) is 4.74 Å². The lowest BCUT2D eigenvalue weighted by Crippen LogP contribution is -2.14. The Bertz CT molecular complexity index is 1420. The summed E-state index contributed by atoms with van der Waals surface area (Å²) < 4.78 is 8.11. The van der Waals surface area contributed by atoms with Crippen LogP contribution in [0.3, 0.4) is 0 Å². The van der Waals surface area contributed by atoms with Gasteiger partial charge in [0.25, 0.3) is 5.91 Å². The number of rotatable bonds is 5. The van der Waals surface area contributed by atoms with Crippen LogP contribution in [0.5, 0.6) is 5.75 Å². The van der Waals surface area contributed by atoms with Gasteiger partial charge >= 0.3 is 0 Å². The molecule has 0 saturated carbocycles. The molecule has 3 heterocycles. The first-order chi connectivity index (χ1) is 15.1. The molecule has 1 N–H and O–H groups in total. The van der Waals surface area contributed by atoms with Gasteiger partial charge in [-0.15, -0.1) is 5.10 Å². The number of benzene rings is 2. The van der Waals surface area contributed by atoms with Crippen LogP contribution >= 0.6 is 11.3 Å². The molecule has 8 nitrogen and oxygen atoms in total. The molecule has 0 saturated heterocycles. The van der Waals surface area contributed by atoms with Gasteiger partial charge in [-0.3, -0.25) is 15.1 Å². The Morgan fingerprint density at radius 1 is 1.16 bits per heavy atom. The summed E-state index contributed by atoms with van der Waals surface area (Å²) in [6.45, 7) is 4.35. The van der Waals surface area contributed by atoms with E-state index in [1.807, 2.05) is 62.4 Å². The number of pyridine rings is 1. The Morgan fingerprint density at radius 3 is 2.90 bits per heavy atom. The Hall–Kier alpha value is -3.85. The highest BCUT2D eigenvalue weighted by Crippen LogP contribution is 2.29. The summed E-state index contributed by atoms with van der Waals surface area (Å²) in [5.74, 6) is 0.427. The van der Waals surface area contributed by atoms with Crippen LogP contribution in [0.15, 0.2) is 54.7 Å². The monoisotopic (exact) mass is 430 g/mol. The number of hydrogen-bond acceptors (Lipinski definition) is 7. The van der Waals surface area contributed by atoms with Gasteiger partial charge < -0.3 is 4.74 Å². The summed E-state index contributed by atoms with van der Waals surface area (Å²) in [6, 6.07) is 15.3. The largest absolute Gasteiger partial charge is 0.494 e. The number of carbonyl (C=O) groups excluding carboxylic acids is 1. The van der Waals surface area contributed by atoms with Crippen molar-refractivity contribution in [1.82, 2.24) is 25.0 Å². The molecule has 0 aliphatic rings. The van der Waals surface area contributed by atoms with E-state index < -0.39 is 0 Å². The minimum Gasteiger partial charge on any atom is -0.494 e. The summed E-state index contributed by atoms with van der Waals surface area (Å²) in [6.07, 6.45) is 1.75. The fourth-order valence-electron chi connectivity index (χ4n) is 3.35. The van der Waals surface area contributed by atoms with E-state index >= 15 is 0 Å². The number of carbonyl (C=O) groups is 1. The van der Waals surface area contributed by atoms with E-state index in [9.17, 15) is 4.79 Å². The van der Waals surface area contributed by atoms with Gasteiger partial charge in [-0.1, -0.05) is 22.6 Å². The van der Waals surface area contributed by atoms with E-state index in [1.54, 1.807) is 10.9 Å². The van der Waals surface area contributed by atoms with Gasteiger partial charge in [-0.2, -0.15) is 0 Å². The third-order valence-electron chi connectivity index (χ3n) is 4.83. The van der Waals surface area contributed by atoms with Crippen molar-refractivity contribution in [1.29, 1.82) is 0 Å². The molecule has 154 valence electrons. The predicted molar refractivity (Wildman–Crippen MR) is 120 cm³/mol. The van der Waals surface area contributed by atoms with Crippen LogP contribution in [0.4, 0.5) is 5.13 Å². The highest BCUT2D eigenvalue weighted by Gasteiger charge is 2.19. The number of fused-ring (bicyclic) bond motifs is 2. The van der Waals surface area contributed by atoms with Crippen molar-refractivity contribution in [2.75, 3.05) is 11.9 Å². The van der Waals surface area contributed by atoms with Crippen LogP contribution in [-0.4, -0.2) is 37.5 Å². The molecule has 0 aliphatic heterocycles. The third-order valence-corrected chi connectivity index (χ3v) is 5.77. The summed E-state index contributed by atoms with van der Waals surface area (Å²) in [4.78, 5) is 21.6. The number of nitrogens with one attached hydrogen (secondary N) is 1. The van der Waals surface area contributed by atoms with E-state index in [0.29, 0.717) is 17.4 Å². The lowest BCUT2D eigenvalue weighted by Gasteiger charge is -2.05. The molecule has 9 heteroatoms. The Balaban J connectivity index is 1.41. The zero-order valence-electron chi connectivity index (χ0n) is 16.9. The normalized spacial score (nSPS) is 11.2. The second-order valence-corrected chi connectivity index (χ2v) is 7.88. The van der Waals surface area contributed by atoms with Gasteiger partial charge in [-0.25, -0.2) is 9.67 Å². The Labute approximate surface area is 181 Å². The molecule has 0 atom stereocenters. The standard InChI is InChI=1S/C22H18N6O2S/c1-3-30-16-7-9-18-19(12-16)31-22(24-18)25-21(29)20-13(2)28(27-26-20)15-6-8-17-14(11-15)5-4-10-23-17/h4-12H,3H2,1-2H3,(H,24,25,29). The SMILES string of the molecule is CCOc1ccc2nc(NC(=O)c3nnn(-c4ccc5ncccc5c4)c3C)sc2c1. The van der Waals surface area contributed by atoms with Gasteiger partial charge in [-0.05, 0) is 56.3 Å². The van der Waals surface area contributed by atoms with E-state index in [2.05, 4.69) is 25.6 Å². The Kier molecular flexibility index (Phi) is 4.79. The third kappa shape index (κ3) is 3.59. The van der Waals surface area contributed by atoms with Crippen molar-refractivity contribution in [3.63, 3.8) is 0 Å². The van der Waals surface area contributed by atoms with E-state index in [0.717, 1.165) is 32.6 Å². The van der Waals surface area contributed by atoms with Crippen molar-refractivity contribution in [3.8, 4) is 11.4 Å². The van der Waals surface area contributed by atoms with Crippen molar-refractivity contribution in [2.45, 2.75) is 13.8 Å². The highest BCUT2D eigenvalue weighted by atomic mass is 32.1. The van der Waals surface area contributed by atoms with Gasteiger partial charge in [0.05, 0.1) is 33.7 Å². The lowest BCUT2D eigenvalue weighted by molar-refractivity contribution is 0.102. The van der Waals surface area contributed by atoms with Crippen molar-refractivity contribution in [3.05, 3.63) is 66.1 Å². The minimum absolute atomic E-state index is 0.251. The molecular weight excluding hydrogens is 412 g/mol. The molecule has 0 radical (unpaired) electrons.